The Kier molecular flexibility index (Phi) is 7.70. The number of halogens is 4. The maximum absolute atomic E-state index is 12.5. The van der Waals surface area contributed by atoms with Gasteiger partial charge in [0, 0.05) is 6.54 Å². The summed E-state index contributed by atoms with van der Waals surface area (Å²) in [6.07, 6.45) is -5.65. The van der Waals surface area contributed by atoms with Crippen molar-refractivity contribution in [3.63, 3.8) is 0 Å². The van der Waals surface area contributed by atoms with Gasteiger partial charge in [-0.15, -0.1) is 0 Å². The van der Waals surface area contributed by atoms with E-state index in [1.807, 2.05) is 0 Å². The highest BCUT2D eigenvalue weighted by Gasteiger charge is 2.30. The molecule has 164 valence electrons. The standard InChI is InChI=1S/C18H18ClF3N2O5S/c1-23-30(27,28)14-6-7-16(19)15(8-14)17(26)24-9-12(25)10-29-13-4-2-11(3-5-13)18(20,21)22/h2-8,12,23,25H,9-10H2,1H3,(H,24,26). The first-order valence-electron chi connectivity index (χ1n) is 8.43. The summed E-state index contributed by atoms with van der Waals surface area (Å²) in [5.41, 5.74) is -0.939. The smallest absolute Gasteiger partial charge is 0.416 e. The molecule has 1 amide bonds. The van der Waals surface area contributed by atoms with Crippen LogP contribution in [-0.2, 0) is 16.2 Å². The third-order valence-electron chi connectivity index (χ3n) is 3.88. The fourth-order valence-electron chi connectivity index (χ4n) is 2.26. The second-order valence-electron chi connectivity index (χ2n) is 6.05. The zero-order valence-corrected chi connectivity index (χ0v) is 17.1. The number of ether oxygens (including phenoxy) is 1. The molecule has 0 heterocycles. The van der Waals surface area contributed by atoms with Gasteiger partial charge in [-0.25, -0.2) is 13.1 Å². The number of aliphatic hydroxyl groups is 1. The summed E-state index contributed by atoms with van der Waals surface area (Å²) in [7, 11) is -2.56. The molecule has 0 saturated heterocycles. The van der Waals surface area contributed by atoms with E-state index in [-0.39, 0.29) is 34.4 Å². The number of alkyl halides is 3. The number of aliphatic hydroxyl groups excluding tert-OH is 1. The Morgan fingerprint density at radius 1 is 1.20 bits per heavy atom. The Hall–Kier alpha value is -2.34. The highest BCUT2D eigenvalue weighted by atomic mass is 35.5. The summed E-state index contributed by atoms with van der Waals surface area (Å²) < 4.78 is 68.6. The van der Waals surface area contributed by atoms with E-state index in [1.165, 1.54) is 19.2 Å². The van der Waals surface area contributed by atoms with Gasteiger partial charge < -0.3 is 15.2 Å². The molecule has 0 fully saturated rings. The molecule has 0 aromatic heterocycles. The number of amides is 1. The molecule has 2 rings (SSSR count). The molecule has 0 aliphatic heterocycles. The fraction of sp³-hybridized carbons (Fsp3) is 0.278. The Morgan fingerprint density at radius 3 is 2.40 bits per heavy atom. The predicted octanol–water partition coefficient (Wildman–Crippen LogP) is 2.44. The number of nitrogens with one attached hydrogen (secondary N) is 2. The van der Waals surface area contributed by atoms with Crippen molar-refractivity contribution in [3.8, 4) is 5.75 Å². The normalized spacial score (nSPS) is 13.0. The minimum atomic E-state index is -4.46. The Bertz CT molecular complexity index is 998. The third-order valence-corrected chi connectivity index (χ3v) is 5.63. The van der Waals surface area contributed by atoms with Crippen LogP contribution in [0.5, 0.6) is 5.75 Å². The zero-order chi connectivity index (χ0) is 22.5. The average Bonchev–Trinajstić information content (AvgIpc) is 2.70. The topological polar surface area (TPSA) is 105 Å². The van der Waals surface area contributed by atoms with Crippen LogP contribution in [0, 0.1) is 0 Å². The van der Waals surface area contributed by atoms with Gasteiger partial charge >= 0.3 is 6.18 Å². The molecule has 7 nitrogen and oxygen atoms in total. The number of benzene rings is 2. The lowest BCUT2D eigenvalue weighted by molar-refractivity contribution is -0.137. The molecular formula is C18H18ClF3N2O5S. The summed E-state index contributed by atoms with van der Waals surface area (Å²) in [6.45, 7) is -0.563. The van der Waals surface area contributed by atoms with E-state index < -0.39 is 33.8 Å². The number of carbonyl (C=O) groups is 1. The van der Waals surface area contributed by atoms with Crippen molar-refractivity contribution >= 4 is 27.5 Å². The van der Waals surface area contributed by atoms with Gasteiger partial charge in [0.15, 0.2) is 0 Å². The SMILES string of the molecule is CNS(=O)(=O)c1ccc(Cl)c(C(=O)NCC(O)COc2ccc(C(F)(F)F)cc2)c1. The number of hydrogen-bond acceptors (Lipinski definition) is 5. The molecule has 2 aromatic rings. The van der Waals surface area contributed by atoms with Crippen LogP contribution >= 0.6 is 11.6 Å². The van der Waals surface area contributed by atoms with E-state index in [2.05, 4.69) is 10.0 Å². The van der Waals surface area contributed by atoms with Crippen molar-refractivity contribution in [2.45, 2.75) is 17.2 Å². The van der Waals surface area contributed by atoms with Gasteiger partial charge in [-0.2, -0.15) is 13.2 Å². The van der Waals surface area contributed by atoms with Gasteiger partial charge in [-0.05, 0) is 49.5 Å². The van der Waals surface area contributed by atoms with Gasteiger partial charge in [0.2, 0.25) is 10.0 Å². The van der Waals surface area contributed by atoms with Crippen LogP contribution < -0.4 is 14.8 Å². The molecule has 0 radical (unpaired) electrons. The first-order valence-corrected chi connectivity index (χ1v) is 10.3. The minimum absolute atomic E-state index is 0.0121. The lowest BCUT2D eigenvalue weighted by Gasteiger charge is -2.14. The maximum Gasteiger partial charge on any atom is 0.416 e. The largest absolute Gasteiger partial charge is 0.491 e. The highest BCUT2D eigenvalue weighted by Crippen LogP contribution is 2.30. The van der Waals surface area contributed by atoms with Crippen molar-refractivity contribution in [1.82, 2.24) is 10.0 Å². The minimum Gasteiger partial charge on any atom is -0.491 e. The zero-order valence-electron chi connectivity index (χ0n) is 15.5. The average molecular weight is 467 g/mol. The van der Waals surface area contributed by atoms with Crippen LogP contribution in [0.15, 0.2) is 47.4 Å². The van der Waals surface area contributed by atoms with E-state index in [1.54, 1.807) is 0 Å². The summed E-state index contributed by atoms with van der Waals surface area (Å²) in [5.74, 6) is -0.608. The van der Waals surface area contributed by atoms with Crippen LogP contribution in [0.2, 0.25) is 5.02 Å². The lowest BCUT2D eigenvalue weighted by atomic mass is 10.2. The molecule has 1 unspecified atom stereocenters. The molecule has 0 spiro atoms. The maximum atomic E-state index is 12.5. The molecule has 0 saturated carbocycles. The Balaban J connectivity index is 1.92. The number of hydrogen-bond donors (Lipinski definition) is 3. The molecule has 0 aliphatic rings. The van der Waals surface area contributed by atoms with Crippen LogP contribution in [0.1, 0.15) is 15.9 Å². The van der Waals surface area contributed by atoms with Crippen LogP contribution in [0.25, 0.3) is 0 Å². The summed E-state index contributed by atoms with van der Waals surface area (Å²) in [5, 5.41) is 12.3. The van der Waals surface area contributed by atoms with Crippen LogP contribution in [0.3, 0.4) is 0 Å². The van der Waals surface area contributed by atoms with Crippen LogP contribution in [0.4, 0.5) is 13.2 Å². The molecule has 30 heavy (non-hydrogen) atoms. The first-order chi connectivity index (χ1) is 13.9. The van der Waals surface area contributed by atoms with Gasteiger partial charge in [0.05, 0.1) is 21.0 Å². The number of sulfonamides is 1. The number of rotatable bonds is 8. The monoisotopic (exact) mass is 466 g/mol. The van der Waals surface area contributed by atoms with E-state index in [0.717, 1.165) is 30.3 Å². The van der Waals surface area contributed by atoms with E-state index in [9.17, 15) is 31.5 Å². The van der Waals surface area contributed by atoms with Gasteiger partial charge in [0.1, 0.15) is 18.5 Å². The second kappa shape index (κ2) is 9.65. The third kappa shape index (κ3) is 6.33. The summed E-state index contributed by atoms with van der Waals surface area (Å²) in [4.78, 5) is 12.1. The molecule has 2 aromatic carbocycles. The van der Waals surface area contributed by atoms with Gasteiger partial charge in [0.25, 0.3) is 5.91 Å². The summed E-state index contributed by atoms with van der Waals surface area (Å²) >= 11 is 5.94. The molecule has 12 heteroatoms. The summed E-state index contributed by atoms with van der Waals surface area (Å²) in [6, 6.07) is 7.50. The first kappa shape index (κ1) is 23.9. The van der Waals surface area contributed by atoms with E-state index in [0.29, 0.717) is 0 Å². The number of carbonyl (C=O) groups excluding carboxylic acids is 1. The highest BCUT2D eigenvalue weighted by molar-refractivity contribution is 7.89. The molecular weight excluding hydrogens is 449 g/mol. The van der Waals surface area contributed by atoms with Crippen molar-refractivity contribution in [2.24, 2.45) is 0 Å². The Morgan fingerprint density at radius 2 is 1.83 bits per heavy atom. The lowest BCUT2D eigenvalue weighted by Crippen LogP contribution is -2.35. The molecule has 3 N–H and O–H groups in total. The van der Waals surface area contributed by atoms with E-state index >= 15 is 0 Å². The van der Waals surface area contributed by atoms with Gasteiger partial charge in [-0.3, -0.25) is 4.79 Å². The van der Waals surface area contributed by atoms with Crippen molar-refractivity contribution in [1.29, 1.82) is 0 Å². The molecule has 0 aliphatic carbocycles. The fourth-order valence-corrected chi connectivity index (χ4v) is 3.22. The van der Waals surface area contributed by atoms with Crippen molar-refractivity contribution < 1.29 is 36.2 Å². The van der Waals surface area contributed by atoms with Crippen molar-refractivity contribution in [3.05, 3.63) is 58.6 Å². The van der Waals surface area contributed by atoms with Crippen molar-refractivity contribution in [2.75, 3.05) is 20.2 Å². The van der Waals surface area contributed by atoms with E-state index in [4.69, 9.17) is 16.3 Å². The molecule has 0 bridgehead atoms. The van der Waals surface area contributed by atoms with Crippen LogP contribution in [-0.4, -0.2) is 45.7 Å². The molecule has 1 atom stereocenters. The predicted molar refractivity (Wildman–Crippen MR) is 103 cm³/mol. The Labute approximate surface area is 175 Å². The van der Waals surface area contributed by atoms with Gasteiger partial charge in [-0.1, -0.05) is 11.6 Å². The second-order valence-corrected chi connectivity index (χ2v) is 8.34. The quantitative estimate of drug-likeness (QED) is 0.554.